The lowest BCUT2D eigenvalue weighted by Gasteiger charge is -2.09. The van der Waals surface area contributed by atoms with E-state index in [-0.39, 0.29) is 5.91 Å². The van der Waals surface area contributed by atoms with Crippen LogP contribution in [0.1, 0.15) is 19.8 Å². The third kappa shape index (κ3) is 5.35. The summed E-state index contributed by atoms with van der Waals surface area (Å²) >= 11 is 0. The lowest BCUT2D eigenvalue weighted by atomic mass is 10.3. The van der Waals surface area contributed by atoms with Crippen LogP contribution in [0.25, 0.3) is 0 Å². The molecule has 0 fully saturated rings. The number of hydrogen-bond acceptors (Lipinski definition) is 6. The van der Waals surface area contributed by atoms with Crippen LogP contribution < -0.4 is 16.0 Å². The summed E-state index contributed by atoms with van der Waals surface area (Å²) in [6, 6.07) is 7.40. The van der Waals surface area contributed by atoms with Crippen molar-refractivity contribution in [3.8, 4) is 0 Å². The number of carbonyl (C=O) groups is 1. The van der Waals surface area contributed by atoms with Crippen LogP contribution in [-0.2, 0) is 4.79 Å². The van der Waals surface area contributed by atoms with Gasteiger partial charge in [-0.05, 0) is 18.6 Å². The van der Waals surface area contributed by atoms with Crippen LogP contribution in [0.4, 0.5) is 17.5 Å². The molecule has 0 atom stereocenters. The molecule has 0 saturated carbocycles. The van der Waals surface area contributed by atoms with Gasteiger partial charge in [0.05, 0.1) is 0 Å². The Kier molecular flexibility index (Phi) is 6.10. The number of hydrogen-bond donors (Lipinski definition) is 3. The molecule has 0 aromatic carbocycles. The van der Waals surface area contributed by atoms with Gasteiger partial charge in [0.25, 0.3) is 0 Å². The summed E-state index contributed by atoms with van der Waals surface area (Å²) in [5.41, 5.74) is 0. The molecule has 0 aliphatic rings. The monoisotopic (exact) mass is 300 g/mol. The van der Waals surface area contributed by atoms with Gasteiger partial charge in [0, 0.05) is 31.8 Å². The van der Waals surface area contributed by atoms with Gasteiger partial charge in [0.1, 0.15) is 23.8 Å². The average molecular weight is 300 g/mol. The molecule has 116 valence electrons. The van der Waals surface area contributed by atoms with Crippen molar-refractivity contribution in [2.75, 3.05) is 23.7 Å². The van der Waals surface area contributed by atoms with Crippen LogP contribution in [-0.4, -0.2) is 33.9 Å². The van der Waals surface area contributed by atoms with Crippen molar-refractivity contribution in [3.05, 3.63) is 36.8 Å². The van der Waals surface area contributed by atoms with E-state index in [2.05, 4.69) is 30.9 Å². The molecule has 3 N–H and O–H groups in total. The predicted octanol–water partition coefficient (Wildman–Crippen LogP) is 1.94. The topological polar surface area (TPSA) is 91.8 Å². The maximum atomic E-state index is 11.3. The van der Waals surface area contributed by atoms with E-state index in [1.807, 2.05) is 25.1 Å². The first-order valence-electron chi connectivity index (χ1n) is 7.28. The summed E-state index contributed by atoms with van der Waals surface area (Å²) in [6.45, 7) is 3.15. The smallest absolute Gasteiger partial charge is 0.220 e. The zero-order valence-electron chi connectivity index (χ0n) is 12.5. The van der Waals surface area contributed by atoms with Crippen molar-refractivity contribution in [1.29, 1.82) is 0 Å². The number of anilines is 3. The van der Waals surface area contributed by atoms with Gasteiger partial charge in [0.15, 0.2) is 0 Å². The zero-order chi connectivity index (χ0) is 15.6. The lowest BCUT2D eigenvalue weighted by molar-refractivity contribution is -0.121. The maximum absolute atomic E-state index is 11.3. The highest BCUT2D eigenvalue weighted by molar-refractivity contribution is 5.75. The van der Waals surface area contributed by atoms with E-state index in [9.17, 15) is 4.79 Å². The predicted molar refractivity (Wildman–Crippen MR) is 86.0 cm³/mol. The molecule has 0 bridgehead atoms. The summed E-state index contributed by atoms with van der Waals surface area (Å²) in [7, 11) is 0. The molecule has 0 saturated heterocycles. The van der Waals surface area contributed by atoms with Crippen LogP contribution in [0, 0.1) is 0 Å². The minimum Gasteiger partial charge on any atom is -0.368 e. The zero-order valence-corrected chi connectivity index (χ0v) is 12.5. The molecule has 2 aromatic rings. The number of nitrogens with one attached hydrogen (secondary N) is 3. The second kappa shape index (κ2) is 8.56. The van der Waals surface area contributed by atoms with Gasteiger partial charge in [0.2, 0.25) is 5.91 Å². The number of amides is 1. The maximum Gasteiger partial charge on any atom is 0.220 e. The van der Waals surface area contributed by atoms with Crippen molar-refractivity contribution in [2.45, 2.75) is 19.8 Å². The number of nitrogens with zero attached hydrogens (tertiary/aromatic N) is 3. The van der Waals surface area contributed by atoms with Gasteiger partial charge in [-0.3, -0.25) is 4.79 Å². The fourth-order valence-electron chi connectivity index (χ4n) is 1.80. The Hall–Kier alpha value is -2.70. The third-order valence-electron chi connectivity index (χ3n) is 2.82. The molecule has 0 aliphatic carbocycles. The van der Waals surface area contributed by atoms with E-state index in [1.54, 1.807) is 12.3 Å². The third-order valence-corrected chi connectivity index (χ3v) is 2.82. The second-order valence-electron chi connectivity index (χ2n) is 4.66. The van der Waals surface area contributed by atoms with E-state index in [1.165, 1.54) is 6.33 Å². The van der Waals surface area contributed by atoms with Crippen LogP contribution in [0.3, 0.4) is 0 Å². The molecule has 22 heavy (non-hydrogen) atoms. The molecule has 7 nitrogen and oxygen atoms in total. The Morgan fingerprint density at radius 3 is 2.73 bits per heavy atom. The molecular weight excluding hydrogens is 280 g/mol. The SMILES string of the molecule is CCCC(=O)NCCNc1cc(Nc2ccccn2)ncn1. The summed E-state index contributed by atoms with van der Waals surface area (Å²) in [5.74, 6) is 2.15. The number of rotatable bonds is 8. The van der Waals surface area contributed by atoms with Crippen molar-refractivity contribution >= 4 is 23.4 Å². The first kappa shape index (κ1) is 15.7. The fourth-order valence-corrected chi connectivity index (χ4v) is 1.80. The Morgan fingerprint density at radius 1 is 1.09 bits per heavy atom. The van der Waals surface area contributed by atoms with Crippen molar-refractivity contribution in [1.82, 2.24) is 20.3 Å². The Labute approximate surface area is 129 Å². The van der Waals surface area contributed by atoms with Crippen molar-refractivity contribution in [2.24, 2.45) is 0 Å². The molecular formula is C15H20N6O. The highest BCUT2D eigenvalue weighted by Gasteiger charge is 2.01. The van der Waals surface area contributed by atoms with Crippen LogP contribution in [0.5, 0.6) is 0 Å². The largest absolute Gasteiger partial charge is 0.368 e. The fraction of sp³-hybridized carbons (Fsp3) is 0.333. The second-order valence-corrected chi connectivity index (χ2v) is 4.66. The van der Waals surface area contributed by atoms with Gasteiger partial charge in [-0.1, -0.05) is 13.0 Å². The van der Waals surface area contributed by atoms with Crippen molar-refractivity contribution < 1.29 is 4.79 Å². The minimum atomic E-state index is 0.0736. The molecule has 1 amide bonds. The van der Waals surface area contributed by atoms with Crippen LogP contribution in [0.15, 0.2) is 36.8 Å². The van der Waals surface area contributed by atoms with E-state index >= 15 is 0 Å². The van der Waals surface area contributed by atoms with E-state index < -0.39 is 0 Å². The minimum absolute atomic E-state index is 0.0736. The normalized spacial score (nSPS) is 10.0. The Balaban J connectivity index is 1.80. The highest BCUT2D eigenvalue weighted by atomic mass is 16.1. The van der Waals surface area contributed by atoms with Crippen LogP contribution >= 0.6 is 0 Å². The van der Waals surface area contributed by atoms with Crippen LogP contribution in [0.2, 0.25) is 0 Å². The lowest BCUT2D eigenvalue weighted by Crippen LogP contribution is -2.28. The van der Waals surface area contributed by atoms with E-state index in [0.29, 0.717) is 31.1 Å². The standard InChI is InChI=1S/C15H20N6O/c1-2-5-15(22)18-9-8-17-13-10-14(20-11-19-13)21-12-6-3-4-7-16-12/h3-4,6-7,10-11H,2,5,8-9H2,1H3,(H,18,22)(H2,16,17,19,20,21). The molecule has 0 aliphatic heterocycles. The summed E-state index contributed by atoms with van der Waals surface area (Å²) < 4.78 is 0. The number of carbonyl (C=O) groups excluding carboxylic acids is 1. The summed E-state index contributed by atoms with van der Waals surface area (Å²) in [4.78, 5) is 23.8. The van der Waals surface area contributed by atoms with Gasteiger partial charge < -0.3 is 16.0 Å². The Morgan fingerprint density at radius 2 is 1.95 bits per heavy atom. The first-order chi connectivity index (χ1) is 10.8. The summed E-state index contributed by atoms with van der Waals surface area (Å²) in [6.07, 6.45) is 4.60. The summed E-state index contributed by atoms with van der Waals surface area (Å²) in [5, 5.41) is 9.08. The van der Waals surface area contributed by atoms with Crippen molar-refractivity contribution in [3.63, 3.8) is 0 Å². The average Bonchev–Trinajstić information content (AvgIpc) is 2.53. The molecule has 7 heteroatoms. The molecule has 0 radical (unpaired) electrons. The quantitative estimate of drug-likeness (QED) is 0.645. The molecule has 2 aromatic heterocycles. The van der Waals surface area contributed by atoms with Gasteiger partial charge in [-0.25, -0.2) is 15.0 Å². The number of aromatic nitrogens is 3. The van der Waals surface area contributed by atoms with Gasteiger partial charge in [-0.15, -0.1) is 0 Å². The molecule has 0 unspecified atom stereocenters. The van der Waals surface area contributed by atoms with Gasteiger partial charge in [-0.2, -0.15) is 0 Å². The molecule has 2 heterocycles. The molecule has 2 rings (SSSR count). The van der Waals surface area contributed by atoms with E-state index in [4.69, 9.17) is 0 Å². The van der Waals surface area contributed by atoms with Gasteiger partial charge >= 0.3 is 0 Å². The van der Waals surface area contributed by atoms with E-state index in [0.717, 1.165) is 12.2 Å². The number of pyridine rings is 1. The molecule has 0 spiro atoms. The highest BCUT2D eigenvalue weighted by Crippen LogP contribution is 2.13. The Bertz CT molecular complexity index is 590. The first-order valence-corrected chi connectivity index (χ1v) is 7.28.